The maximum absolute atomic E-state index is 14.1. The van der Waals surface area contributed by atoms with Crippen LogP contribution in [0.2, 0.25) is 15.1 Å². The van der Waals surface area contributed by atoms with Crippen molar-refractivity contribution in [3.63, 3.8) is 0 Å². The van der Waals surface area contributed by atoms with E-state index in [1.807, 2.05) is 36.4 Å². The Morgan fingerprint density at radius 3 is 2.39 bits per heavy atom. The van der Waals surface area contributed by atoms with Gasteiger partial charge in [0.15, 0.2) is 0 Å². The third-order valence-electron chi connectivity index (χ3n) is 7.48. The molecule has 5 aromatic rings. The van der Waals surface area contributed by atoms with Gasteiger partial charge >= 0.3 is 0 Å². The summed E-state index contributed by atoms with van der Waals surface area (Å²) in [6.07, 6.45) is 5.01. The highest BCUT2D eigenvalue weighted by molar-refractivity contribution is 6.42. The fourth-order valence-electron chi connectivity index (χ4n) is 5.45. The molecule has 192 valence electrons. The lowest BCUT2D eigenvalue weighted by Gasteiger charge is -2.12. The Hall–Kier alpha value is -3.18. The first kappa shape index (κ1) is 25.1. The van der Waals surface area contributed by atoms with Crippen molar-refractivity contribution in [1.82, 2.24) is 8.97 Å². The maximum Gasteiger partial charge on any atom is 0.273 e. The molecule has 0 radical (unpaired) electrons. The number of amides is 1. The lowest BCUT2D eigenvalue weighted by atomic mass is 9.95. The number of hydrogen-bond acceptors (Lipinski definition) is 1. The zero-order valence-electron chi connectivity index (χ0n) is 21.1. The number of anilines is 1. The molecule has 0 bridgehead atoms. The van der Waals surface area contributed by atoms with Gasteiger partial charge in [0.1, 0.15) is 11.3 Å². The minimum atomic E-state index is -0.203. The van der Waals surface area contributed by atoms with E-state index in [0.717, 1.165) is 53.8 Å². The van der Waals surface area contributed by atoms with Gasteiger partial charge in [-0.05, 0) is 74.1 Å². The predicted octanol–water partition coefficient (Wildman–Crippen LogP) is 9.24. The molecule has 7 heteroatoms. The number of aromatic nitrogens is 2. The average Bonchev–Trinajstić information content (AvgIpc) is 3.31. The fourth-order valence-corrected chi connectivity index (χ4v) is 5.93. The van der Waals surface area contributed by atoms with Crippen LogP contribution in [0.4, 0.5) is 5.69 Å². The summed E-state index contributed by atoms with van der Waals surface area (Å²) in [5.41, 5.74) is 9.79. The molecule has 38 heavy (non-hydrogen) atoms. The average molecular weight is 563 g/mol. The van der Waals surface area contributed by atoms with Crippen molar-refractivity contribution in [1.29, 1.82) is 0 Å². The Labute approximate surface area is 236 Å². The highest BCUT2D eigenvalue weighted by Crippen LogP contribution is 2.41. The van der Waals surface area contributed by atoms with Crippen LogP contribution in [0.1, 0.15) is 40.0 Å². The summed E-state index contributed by atoms with van der Waals surface area (Å²) in [4.78, 5) is 14.1. The second kappa shape index (κ2) is 9.85. The van der Waals surface area contributed by atoms with Crippen molar-refractivity contribution in [3.8, 4) is 22.4 Å². The van der Waals surface area contributed by atoms with E-state index in [0.29, 0.717) is 26.4 Å². The number of benzene rings is 3. The molecule has 0 aliphatic carbocycles. The van der Waals surface area contributed by atoms with E-state index in [9.17, 15) is 4.79 Å². The standard InChI is InChI=1S/C31H26Cl3N3O/c1-18-10-11-21(15-19(18)2)28-22-7-5-6-14-36-27(20-12-13-23(32)25(34)16-20)17-37(31(22)36)29(28)30(38)35-26-9-4-3-8-24(26)33/h3-4,8-13,15-17H,5-7,14H2,1-2H3,(H,35,38). The van der Waals surface area contributed by atoms with Crippen molar-refractivity contribution < 1.29 is 4.79 Å². The van der Waals surface area contributed by atoms with Crippen LogP contribution >= 0.6 is 34.8 Å². The third-order valence-corrected chi connectivity index (χ3v) is 8.55. The number of carbonyl (C=O) groups is 1. The molecule has 3 heterocycles. The van der Waals surface area contributed by atoms with E-state index >= 15 is 0 Å². The van der Waals surface area contributed by atoms with E-state index in [1.54, 1.807) is 6.07 Å². The van der Waals surface area contributed by atoms with Gasteiger partial charge < -0.3 is 9.88 Å². The molecule has 1 N–H and O–H groups in total. The molecule has 2 aromatic heterocycles. The highest BCUT2D eigenvalue weighted by atomic mass is 35.5. The third kappa shape index (κ3) is 4.21. The van der Waals surface area contributed by atoms with Gasteiger partial charge in [0.25, 0.3) is 5.91 Å². The molecule has 6 rings (SSSR count). The predicted molar refractivity (Wildman–Crippen MR) is 158 cm³/mol. The number of rotatable bonds is 4. The van der Waals surface area contributed by atoms with Crippen molar-refractivity contribution in [3.05, 3.63) is 104 Å². The molecule has 0 saturated carbocycles. The first-order valence-electron chi connectivity index (χ1n) is 12.7. The lowest BCUT2D eigenvalue weighted by Crippen LogP contribution is -2.15. The first-order chi connectivity index (χ1) is 18.3. The van der Waals surface area contributed by atoms with Gasteiger partial charge in [-0.2, -0.15) is 0 Å². The van der Waals surface area contributed by atoms with E-state index in [1.165, 1.54) is 16.7 Å². The second-order valence-corrected chi connectivity index (χ2v) is 11.1. The van der Waals surface area contributed by atoms with E-state index in [4.69, 9.17) is 34.8 Å². The fraction of sp³-hybridized carbons (Fsp3) is 0.194. The zero-order chi connectivity index (χ0) is 26.6. The Morgan fingerprint density at radius 2 is 1.63 bits per heavy atom. The summed E-state index contributed by atoms with van der Waals surface area (Å²) in [6.45, 7) is 5.06. The largest absolute Gasteiger partial charge is 0.325 e. The van der Waals surface area contributed by atoms with Crippen molar-refractivity contribution in [2.75, 3.05) is 5.32 Å². The van der Waals surface area contributed by atoms with Gasteiger partial charge in [0.05, 0.1) is 26.4 Å². The summed E-state index contributed by atoms with van der Waals surface area (Å²) < 4.78 is 4.37. The Kier molecular flexibility index (Phi) is 6.51. The molecule has 1 amide bonds. The van der Waals surface area contributed by atoms with Crippen LogP contribution in [0.15, 0.2) is 66.9 Å². The smallest absolute Gasteiger partial charge is 0.273 e. The van der Waals surface area contributed by atoms with E-state index in [-0.39, 0.29) is 5.91 Å². The van der Waals surface area contributed by atoms with Crippen LogP contribution in [0, 0.1) is 13.8 Å². The van der Waals surface area contributed by atoms with Gasteiger partial charge in [-0.15, -0.1) is 0 Å². The normalized spacial score (nSPS) is 13.1. The quantitative estimate of drug-likeness (QED) is 0.233. The highest BCUT2D eigenvalue weighted by Gasteiger charge is 2.30. The van der Waals surface area contributed by atoms with Gasteiger partial charge in [0, 0.05) is 29.4 Å². The van der Waals surface area contributed by atoms with Crippen LogP contribution in [-0.2, 0) is 13.0 Å². The van der Waals surface area contributed by atoms with Crippen molar-refractivity contribution in [2.45, 2.75) is 39.7 Å². The van der Waals surface area contributed by atoms with Gasteiger partial charge in [-0.25, -0.2) is 0 Å². The first-order valence-corrected chi connectivity index (χ1v) is 13.8. The molecule has 0 unspecified atom stereocenters. The molecule has 0 atom stereocenters. The van der Waals surface area contributed by atoms with Gasteiger partial charge in [-0.3, -0.25) is 9.20 Å². The topological polar surface area (TPSA) is 38.4 Å². The zero-order valence-corrected chi connectivity index (χ0v) is 23.4. The minimum absolute atomic E-state index is 0.203. The van der Waals surface area contributed by atoms with Crippen LogP contribution in [0.5, 0.6) is 0 Å². The van der Waals surface area contributed by atoms with Crippen LogP contribution < -0.4 is 5.32 Å². The lowest BCUT2D eigenvalue weighted by molar-refractivity contribution is 0.102. The van der Waals surface area contributed by atoms with Gasteiger partial charge in [-0.1, -0.05) is 71.2 Å². The number of imidazole rings is 1. The van der Waals surface area contributed by atoms with E-state index < -0.39 is 0 Å². The molecule has 3 aromatic carbocycles. The number of carbonyl (C=O) groups excluding carboxylic acids is 1. The Bertz CT molecular complexity index is 1730. The Balaban J connectivity index is 1.63. The SMILES string of the molecule is Cc1ccc(-c2c3c4n(c(-c5ccc(Cl)c(Cl)c5)cn4c2C(=O)Nc2ccccc2Cl)CCCC3)cc1C. The molecular formula is C31H26Cl3N3O. The minimum Gasteiger partial charge on any atom is -0.325 e. The number of hydrogen-bond donors (Lipinski definition) is 1. The van der Waals surface area contributed by atoms with E-state index in [2.05, 4.69) is 52.5 Å². The molecule has 0 spiro atoms. The Morgan fingerprint density at radius 1 is 0.842 bits per heavy atom. The number of nitrogens with one attached hydrogen (secondary N) is 1. The molecular weight excluding hydrogens is 537 g/mol. The summed E-state index contributed by atoms with van der Waals surface area (Å²) in [7, 11) is 0. The van der Waals surface area contributed by atoms with Crippen LogP contribution in [0.3, 0.4) is 0 Å². The summed E-state index contributed by atoms with van der Waals surface area (Å²) in [5.74, 6) is -0.203. The molecule has 4 nitrogen and oxygen atoms in total. The number of aryl methyl sites for hydroxylation is 4. The molecule has 0 saturated heterocycles. The summed E-state index contributed by atoms with van der Waals surface area (Å²) >= 11 is 19.0. The summed E-state index contributed by atoms with van der Waals surface area (Å²) in [6, 6.07) is 19.4. The molecule has 0 fully saturated rings. The molecule has 1 aliphatic rings. The number of halogens is 3. The number of para-hydroxylation sites is 1. The summed E-state index contributed by atoms with van der Waals surface area (Å²) in [5, 5.41) is 4.59. The van der Waals surface area contributed by atoms with Crippen LogP contribution in [-0.4, -0.2) is 14.9 Å². The monoisotopic (exact) mass is 561 g/mol. The van der Waals surface area contributed by atoms with Crippen LogP contribution in [0.25, 0.3) is 28.0 Å². The maximum atomic E-state index is 14.1. The van der Waals surface area contributed by atoms with Crippen molar-refractivity contribution in [2.24, 2.45) is 0 Å². The molecule has 1 aliphatic heterocycles. The van der Waals surface area contributed by atoms with Crippen molar-refractivity contribution >= 4 is 52.0 Å². The second-order valence-electron chi connectivity index (χ2n) is 9.88. The number of nitrogens with zero attached hydrogens (tertiary/aromatic N) is 2. The van der Waals surface area contributed by atoms with Gasteiger partial charge in [0.2, 0.25) is 0 Å².